The van der Waals surface area contributed by atoms with Crippen LogP contribution in [0.2, 0.25) is 0 Å². The fraction of sp³-hybridized carbons (Fsp3) is 0.286. The van der Waals surface area contributed by atoms with Gasteiger partial charge in [-0.15, -0.1) is 11.8 Å². The molecule has 0 fully saturated rings. The van der Waals surface area contributed by atoms with Gasteiger partial charge in [0.1, 0.15) is 0 Å². The number of nitrogens with zero attached hydrogens (tertiary/aromatic N) is 1. The molecular weight excluding hydrogens is 376 g/mol. The molecule has 0 saturated carbocycles. The van der Waals surface area contributed by atoms with E-state index in [1.54, 1.807) is 34.9 Å². The number of likely N-dealkylation sites (N-methyl/N-ethyl adjacent to an activating group) is 1. The Morgan fingerprint density at radius 2 is 1.96 bits per heavy atom. The van der Waals surface area contributed by atoms with Crippen molar-refractivity contribution in [2.75, 3.05) is 24.2 Å². The maximum absolute atomic E-state index is 12.4. The van der Waals surface area contributed by atoms with Gasteiger partial charge in [-0.2, -0.15) is 0 Å². The highest BCUT2D eigenvalue weighted by Gasteiger charge is 2.18. The van der Waals surface area contributed by atoms with Gasteiger partial charge in [-0.3, -0.25) is 9.59 Å². The minimum absolute atomic E-state index is 0.0774. The highest BCUT2D eigenvalue weighted by Crippen LogP contribution is 2.31. The quantitative estimate of drug-likeness (QED) is 0.756. The molecular formula is C21H22N2O4S. The van der Waals surface area contributed by atoms with E-state index >= 15 is 0 Å². The van der Waals surface area contributed by atoms with Crippen molar-refractivity contribution in [1.29, 1.82) is 0 Å². The number of hydrogen-bond donors (Lipinski definition) is 1. The summed E-state index contributed by atoms with van der Waals surface area (Å²) < 4.78 is 5.21. The van der Waals surface area contributed by atoms with Gasteiger partial charge < -0.3 is 15.0 Å². The summed E-state index contributed by atoms with van der Waals surface area (Å²) in [6.07, 6.45) is 0.432. The van der Waals surface area contributed by atoms with Crippen molar-refractivity contribution < 1.29 is 19.1 Å². The van der Waals surface area contributed by atoms with E-state index in [1.165, 1.54) is 0 Å². The molecule has 1 aliphatic heterocycles. The Kier molecular flexibility index (Phi) is 6.71. The lowest BCUT2D eigenvalue weighted by Gasteiger charge is -2.21. The van der Waals surface area contributed by atoms with Crippen LogP contribution < -0.4 is 5.32 Å². The lowest BCUT2D eigenvalue weighted by molar-refractivity contribution is -0.135. The van der Waals surface area contributed by atoms with Crippen LogP contribution in [0.4, 0.5) is 5.69 Å². The third kappa shape index (κ3) is 5.13. The van der Waals surface area contributed by atoms with Crippen LogP contribution in [0.5, 0.6) is 0 Å². The molecule has 1 heterocycles. The minimum atomic E-state index is -0.588. The number of esters is 1. The zero-order valence-corrected chi connectivity index (χ0v) is 16.5. The Balaban J connectivity index is 1.60. The summed E-state index contributed by atoms with van der Waals surface area (Å²) in [6, 6.07) is 14.7. The van der Waals surface area contributed by atoms with Crippen LogP contribution in [-0.4, -0.2) is 41.6 Å². The van der Waals surface area contributed by atoms with Crippen LogP contribution in [0.25, 0.3) is 0 Å². The number of hydrogen-bond acceptors (Lipinski definition) is 5. The molecule has 6 nitrogen and oxygen atoms in total. The first-order valence-corrected chi connectivity index (χ1v) is 10.1. The van der Waals surface area contributed by atoms with Gasteiger partial charge in [-0.1, -0.05) is 30.3 Å². The maximum Gasteiger partial charge on any atom is 0.338 e. The van der Waals surface area contributed by atoms with Crippen molar-refractivity contribution >= 4 is 35.2 Å². The number of amides is 2. The van der Waals surface area contributed by atoms with Crippen molar-refractivity contribution in [3.63, 3.8) is 0 Å². The highest BCUT2D eigenvalue weighted by molar-refractivity contribution is 7.99. The normalized spacial score (nSPS) is 13.1. The van der Waals surface area contributed by atoms with E-state index in [9.17, 15) is 14.4 Å². The zero-order chi connectivity index (χ0) is 19.9. The second-order valence-electron chi connectivity index (χ2n) is 6.33. The summed E-state index contributed by atoms with van der Waals surface area (Å²) in [5, 5.41) is 2.79. The fourth-order valence-electron chi connectivity index (χ4n) is 2.83. The molecule has 1 N–H and O–H groups in total. The number of carbonyl (C=O) groups excluding carboxylic acids is 3. The smallest absolute Gasteiger partial charge is 0.338 e. The van der Waals surface area contributed by atoms with E-state index in [-0.39, 0.29) is 18.4 Å². The lowest BCUT2D eigenvalue weighted by Crippen LogP contribution is -2.34. The highest BCUT2D eigenvalue weighted by atomic mass is 32.2. The van der Waals surface area contributed by atoms with Crippen molar-refractivity contribution in [2.24, 2.45) is 0 Å². The van der Waals surface area contributed by atoms with E-state index in [0.717, 1.165) is 10.5 Å². The molecule has 0 aromatic heterocycles. The second-order valence-corrected chi connectivity index (χ2v) is 7.46. The Morgan fingerprint density at radius 1 is 1.18 bits per heavy atom. The summed E-state index contributed by atoms with van der Waals surface area (Å²) in [4.78, 5) is 39.0. The van der Waals surface area contributed by atoms with Gasteiger partial charge >= 0.3 is 5.97 Å². The van der Waals surface area contributed by atoms with Gasteiger partial charge in [-0.25, -0.2) is 4.79 Å². The zero-order valence-electron chi connectivity index (χ0n) is 15.6. The van der Waals surface area contributed by atoms with Crippen LogP contribution in [0.1, 0.15) is 29.3 Å². The molecule has 0 bridgehead atoms. The molecule has 0 aliphatic carbocycles. The molecule has 2 aromatic carbocycles. The number of nitrogens with one attached hydrogen (secondary N) is 1. The molecule has 2 aromatic rings. The number of fused-ring (bicyclic) bond motifs is 1. The van der Waals surface area contributed by atoms with Crippen molar-refractivity contribution in [3.8, 4) is 0 Å². The molecule has 0 spiro atoms. The lowest BCUT2D eigenvalue weighted by atomic mass is 10.2. The van der Waals surface area contributed by atoms with Gasteiger partial charge in [0.05, 0.1) is 11.3 Å². The minimum Gasteiger partial charge on any atom is -0.452 e. The predicted molar refractivity (Wildman–Crippen MR) is 108 cm³/mol. The number of benzene rings is 2. The predicted octanol–water partition coefficient (Wildman–Crippen LogP) is 3.33. The SMILES string of the molecule is CCN(Cc1ccccc1)C(=O)COC(=O)c1ccc2c(c1)NC(=O)CCS2. The Labute approximate surface area is 168 Å². The Hall–Kier alpha value is -2.80. The third-order valence-electron chi connectivity index (χ3n) is 4.35. The first-order valence-electron chi connectivity index (χ1n) is 9.12. The average molecular weight is 398 g/mol. The summed E-state index contributed by atoms with van der Waals surface area (Å²) in [6.45, 7) is 2.55. The van der Waals surface area contributed by atoms with E-state index in [1.807, 2.05) is 37.3 Å². The number of rotatable bonds is 6. The first-order chi connectivity index (χ1) is 13.6. The third-order valence-corrected chi connectivity index (χ3v) is 5.43. The van der Waals surface area contributed by atoms with Crippen LogP contribution in [0, 0.1) is 0 Å². The van der Waals surface area contributed by atoms with Crippen molar-refractivity contribution in [1.82, 2.24) is 4.90 Å². The van der Waals surface area contributed by atoms with E-state index in [4.69, 9.17) is 4.74 Å². The summed E-state index contributed by atoms with van der Waals surface area (Å²) >= 11 is 1.56. The average Bonchev–Trinajstić information content (AvgIpc) is 2.90. The molecule has 3 rings (SSSR count). The van der Waals surface area contributed by atoms with Gasteiger partial charge in [0, 0.05) is 30.2 Å². The van der Waals surface area contributed by atoms with Gasteiger partial charge in [0.15, 0.2) is 6.61 Å². The molecule has 2 amide bonds. The maximum atomic E-state index is 12.4. The summed E-state index contributed by atoms with van der Waals surface area (Å²) in [7, 11) is 0. The van der Waals surface area contributed by atoms with Crippen LogP contribution in [-0.2, 0) is 20.9 Å². The van der Waals surface area contributed by atoms with Crippen LogP contribution >= 0.6 is 11.8 Å². The van der Waals surface area contributed by atoms with E-state index in [0.29, 0.717) is 36.5 Å². The Morgan fingerprint density at radius 3 is 2.71 bits per heavy atom. The number of anilines is 1. The number of carbonyl (C=O) groups is 3. The Bertz CT molecular complexity index is 870. The van der Waals surface area contributed by atoms with Crippen molar-refractivity contribution in [2.45, 2.75) is 24.8 Å². The molecule has 0 saturated heterocycles. The largest absolute Gasteiger partial charge is 0.452 e. The van der Waals surface area contributed by atoms with Gasteiger partial charge in [-0.05, 0) is 30.7 Å². The van der Waals surface area contributed by atoms with E-state index in [2.05, 4.69) is 5.32 Å². The fourth-order valence-corrected chi connectivity index (χ4v) is 3.77. The summed E-state index contributed by atoms with van der Waals surface area (Å²) in [5.74, 6) is -0.217. The van der Waals surface area contributed by atoms with Crippen LogP contribution in [0.3, 0.4) is 0 Å². The topological polar surface area (TPSA) is 75.7 Å². The number of thioether (sulfide) groups is 1. The van der Waals surface area contributed by atoms with Gasteiger partial charge in [0.2, 0.25) is 5.91 Å². The summed E-state index contributed by atoms with van der Waals surface area (Å²) in [5.41, 5.74) is 1.93. The molecule has 1 aliphatic rings. The molecule has 28 heavy (non-hydrogen) atoms. The second kappa shape index (κ2) is 9.41. The molecule has 0 atom stereocenters. The van der Waals surface area contributed by atoms with Crippen LogP contribution in [0.15, 0.2) is 53.4 Å². The van der Waals surface area contributed by atoms with Crippen molar-refractivity contribution in [3.05, 3.63) is 59.7 Å². The van der Waals surface area contributed by atoms with Gasteiger partial charge in [0.25, 0.3) is 5.91 Å². The molecule has 146 valence electrons. The van der Waals surface area contributed by atoms with E-state index < -0.39 is 5.97 Å². The first kappa shape index (κ1) is 19.9. The standard InChI is InChI=1S/C21H22N2O4S/c1-2-23(13-15-6-4-3-5-7-15)20(25)14-27-21(26)16-8-9-18-17(12-16)22-19(24)10-11-28-18/h3-9,12H,2,10-11,13-14H2,1H3,(H,22,24). The molecule has 0 radical (unpaired) electrons. The molecule has 0 unspecified atom stereocenters. The number of ether oxygens (including phenoxy) is 1. The monoisotopic (exact) mass is 398 g/mol. The molecule has 7 heteroatoms.